The summed E-state index contributed by atoms with van der Waals surface area (Å²) in [7, 11) is -0.659. The molecular weight excluding hydrogens is 267 g/mol. The van der Waals surface area contributed by atoms with Gasteiger partial charge in [-0.2, -0.15) is 17.4 Å². The second-order valence-corrected chi connectivity index (χ2v) is 7.04. The molecule has 19 heavy (non-hydrogen) atoms. The number of benzene rings is 1. The van der Waals surface area contributed by atoms with Gasteiger partial charge in [-0.25, -0.2) is 4.39 Å². The zero-order chi connectivity index (χ0) is 14.1. The summed E-state index contributed by atoms with van der Waals surface area (Å²) in [5, 5.41) is 0. The van der Waals surface area contributed by atoms with E-state index in [0.717, 1.165) is 17.1 Å². The van der Waals surface area contributed by atoms with Crippen LogP contribution in [0.5, 0.6) is 0 Å². The minimum Gasteiger partial charge on any atom is -0.207 e. The fourth-order valence-electron chi connectivity index (χ4n) is 2.59. The van der Waals surface area contributed by atoms with Crippen molar-refractivity contribution in [2.45, 2.75) is 31.2 Å². The van der Waals surface area contributed by atoms with E-state index in [1.807, 2.05) is 0 Å². The molecule has 0 atom stereocenters. The van der Waals surface area contributed by atoms with E-state index in [1.165, 1.54) is 20.2 Å². The summed E-state index contributed by atoms with van der Waals surface area (Å²) in [6.45, 7) is 0. The summed E-state index contributed by atoms with van der Waals surface area (Å²) >= 11 is 0. The molecule has 2 rings (SSSR count). The van der Waals surface area contributed by atoms with Gasteiger partial charge in [-0.1, -0.05) is 31.0 Å². The van der Waals surface area contributed by atoms with Crippen molar-refractivity contribution in [1.82, 2.24) is 9.03 Å². The summed E-state index contributed by atoms with van der Waals surface area (Å²) < 4.78 is 42.0. The Morgan fingerprint density at radius 3 is 2.32 bits per heavy atom. The predicted octanol–water partition coefficient (Wildman–Crippen LogP) is 1.99. The quantitative estimate of drug-likeness (QED) is 0.920. The SMILES string of the molecule is CN(C)S(=O)(=O)NC1(c2ccccc2F)CCCC1. The molecule has 0 amide bonds. The van der Waals surface area contributed by atoms with E-state index in [0.29, 0.717) is 18.4 Å². The van der Waals surface area contributed by atoms with Gasteiger partial charge in [0.2, 0.25) is 0 Å². The largest absolute Gasteiger partial charge is 0.279 e. The van der Waals surface area contributed by atoms with Gasteiger partial charge in [-0.3, -0.25) is 0 Å². The molecule has 0 heterocycles. The molecule has 0 aliphatic heterocycles. The van der Waals surface area contributed by atoms with Gasteiger partial charge in [0.15, 0.2) is 0 Å². The number of halogens is 1. The molecular formula is C13H19FN2O2S. The highest BCUT2D eigenvalue weighted by molar-refractivity contribution is 7.87. The lowest BCUT2D eigenvalue weighted by Gasteiger charge is -2.32. The Morgan fingerprint density at radius 2 is 1.79 bits per heavy atom. The lowest BCUT2D eigenvalue weighted by atomic mass is 9.89. The van der Waals surface area contributed by atoms with Crippen molar-refractivity contribution in [1.29, 1.82) is 0 Å². The minimum absolute atomic E-state index is 0.356. The van der Waals surface area contributed by atoms with Crippen molar-refractivity contribution in [2.24, 2.45) is 0 Å². The van der Waals surface area contributed by atoms with Crippen LogP contribution in [-0.4, -0.2) is 26.8 Å². The van der Waals surface area contributed by atoms with Crippen LogP contribution in [0.4, 0.5) is 4.39 Å². The van der Waals surface area contributed by atoms with E-state index in [1.54, 1.807) is 18.2 Å². The molecule has 4 nitrogen and oxygen atoms in total. The third-order valence-corrected chi connectivity index (χ3v) is 5.26. The van der Waals surface area contributed by atoms with Gasteiger partial charge in [-0.05, 0) is 18.9 Å². The van der Waals surface area contributed by atoms with Crippen molar-refractivity contribution in [3.8, 4) is 0 Å². The normalized spacial score (nSPS) is 18.9. The number of hydrogen-bond acceptors (Lipinski definition) is 2. The molecule has 0 unspecified atom stereocenters. The standard InChI is InChI=1S/C13H19FN2O2S/c1-16(2)19(17,18)15-13(9-5-6-10-13)11-7-3-4-8-12(11)14/h3-4,7-8,15H,5-6,9-10H2,1-2H3. The average molecular weight is 286 g/mol. The smallest absolute Gasteiger partial charge is 0.207 e. The maximum absolute atomic E-state index is 14.0. The van der Waals surface area contributed by atoms with Crippen LogP contribution >= 0.6 is 0 Å². The Morgan fingerprint density at radius 1 is 1.21 bits per heavy atom. The van der Waals surface area contributed by atoms with Crippen molar-refractivity contribution in [2.75, 3.05) is 14.1 Å². The van der Waals surface area contributed by atoms with Crippen LogP contribution in [0.3, 0.4) is 0 Å². The fraction of sp³-hybridized carbons (Fsp3) is 0.538. The predicted molar refractivity (Wildman–Crippen MR) is 72.3 cm³/mol. The van der Waals surface area contributed by atoms with E-state index < -0.39 is 15.7 Å². The molecule has 1 N–H and O–H groups in total. The van der Waals surface area contributed by atoms with Crippen molar-refractivity contribution < 1.29 is 12.8 Å². The molecule has 1 aliphatic rings. The maximum Gasteiger partial charge on any atom is 0.279 e. The highest BCUT2D eigenvalue weighted by atomic mass is 32.2. The molecule has 0 saturated heterocycles. The van der Waals surface area contributed by atoms with E-state index in [2.05, 4.69) is 4.72 Å². The monoisotopic (exact) mass is 286 g/mol. The minimum atomic E-state index is -3.59. The number of nitrogens with one attached hydrogen (secondary N) is 1. The Bertz CT molecular complexity index is 552. The summed E-state index contributed by atoms with van der Waals surface area (Å²) in [5.41, 5.74) is -0.369. The molecule has 1 aromatic rings. The molecule has 0 bridgehead atoms. The van der Waals surface area contributed by atoms with Crippen LogP contribution in [0.2, 0.25) is 0 Å². The first-order valence-corrected chi connectivity index (χ1v) is 7.78. The van der Waals surface area contributed by atoms with E-state index in [-0.39, 0.29) is 5.82 Å². The molecule has 0 spiro atoms. The molecule has 1 aromatic carbocycles. The van der Waals surface area contributed by atoms with Crippen LogP contribution in [0.1, 0.15) is 31.2 Å². The summed E-state index contributed by atoms with van der Waals surface area (Å²) in [5.74, 6) is -0.356. The summed E-state index contributed by atoms with van der Waals surface area (Å²) in [4.78, 5) is 0. The first kappa shape index (κ1) is 14.4. The van der Waals surface area contributed by atoms with Gasteiger partial charge < -0.3 is 0 Å². The van der Waals surface area contributed by atoms with Gasteiger partial charge in [0.05, 0.1) is 5.54 Å². The average Bonchev–Trinajstić information content (AvgIpc) is 2.78. The third-order valence-electron chi connectivity index (χ3n) is 3.65. The second kappa shape index (κ2) is 5.19. The lowest BCUT2D eigenvalue weighted by Crippen LogP contribution is -2.48. The number of rotatable bonds is 4. The molecule has 0 radical (unpaired) electrons. The van der Waals surface area contributed by atoms with E-state index in [9.17, 15) is 12.8 Å². The molecule has 1 aliphatic carbocycles. The summed E-state index contributed by atoms with van der Waals surface area (Å²) in [6, 6.07) is 6.39. The van der Waals surface area contributed by atoms with Gasteiger partial charge in [0.1, 0.15) is 5.82 Å². The molecule has 6 heteroatoms. The number of hydrogen-bond donors (Lipinski definition) is 1. The molecule has 106 valence electrons. The highest BCUT2D eigenvalue weighted by Crippen LogP contribution is 2.40. The lowest BCUT2D eigenvalue weighted by molar-refractivity contribution is 0.371. The molecule has 1 fully saturated rings. The Kier molecular flexibility index (Phi) is 3.94. The Labute approximate surface area is 113 Å². The topological polar surface area (TPSA) is 49.4 Å². The van der Waals surface area contributed by atoms with Crippen molar-refractivity contribution >= 4 is 10.2 Å². The number of nitrogens with zero attached hydrogens (tertiary/aromatic N) is 1. The third kappa shape index (κ3) is 2.80. The van der Waals surface area contributed by atoms with Gasteiger partial charge >= 0.3 is 0 Å². The van der Waals surface area contributed by atoms with Crippen LogP contribution in [-0.2, 0) is 15.7 Å². The van der Waals surface area contributed by atoms with Crippen LogP contribution in [0.15, 0.2) is 24.3 Å². The van der Waals surface area contributed by atoms with Crippen molar-refractivity contribution in [3.63, 3.8) is 0 Å². The zero-order valence-corrected chi connectivity index (χ0v) is 12.0. The maximum atomic E-state index is 14.0. The Balaban J connectivity index is 2.43. The first-order valence-electron chi connectivity index (χ1n) is 6.34. The highest BCUT2D eigenvalue weighted by Gasteiger charge is 2.41. The fourth-order valence-corrected chi connectivity index (χ4v) is 3.58. The molecule has 0 aromatic heterocycles. The molecule has 1 saturated carbocycles. The van der Waals surface area contributed by atoms with E-state index in [4.69, 9.17) is 0 Å². The van der Waals surface area contributed by atoms with E-state index >= 15 is 0 Å². The Hall–Kier alpha value is -0.980. The van der Waals surface area contributed by atoms with Crippen molar-refractivity contribution in [3.05, 3.63) is 35.6 Å². The first-order chi connectivity index (χ1) is 8.87. The van der Waals surface area contributed by atoms with Gasteiger partial charge in [-0.15, -0.1) is 0 Å². The van der Waals surface area contributed by atoms with Crippen LogP contribution < -0.4 is 4.72 Å². The van der Waals surface area contributed by atoms with Crippen LogP contribution in [0, 0.1) is 5.82 Å². The zero-order valence-electron chi connectivity index (χ0n) is 11.2. The summed E-state index contributed by atoms with van der Waals surface area (Å²) in [6.07, 6.45) is 3.04. The second-order valence-electron chi connectivity index (χ2n) is 5.16. The van der Waals surface area contributed by atoms with Gasteiger partial charge in [0, 0.05) is 19.7 Å². The van der Waals surface area contributed by atoms with Crippen LogP contribution in [0.25, 0.3) is 0 Å². The van der Waals surface area contributed by atoms with Gasteiger partial charge in [0.25, 0.3) is 10.2 Å².